The number of aliphatic hydroxyl groups is 2. The smallest absolute Gasteiger partial charge is 0.0569 e. The summed E-state index contributed by atoms with van der Waals surface area (Å²) in [5.74, 6) is 0. The molecular formula is C53H54O2. The van der Waals surface area contributed by atoms with Gasteiger partial charge in [0, 0.05) is 22.9 Å². The van der Waals surface area contributed by atoms with E-state index in [9.17, 15) is 10.2 Å². The highest BCUT2D eigenvalue weighted by atomic mass is 16.3. The van der Waals surface area contributed by atoms with Crippen LogP contribution >= 0.6 is 0 Å². The fourth-order valence-corrected chi connectivity index (χ4v) is 10.8. The molecule has 3 aliphatic rings. The van der Waals surface area contributed by atoms with Crippen LogP contribution in [0.4, 0.5) is 0 Å². The van der Waals surface area contributed by atoms with Crippen LogP contribution in [-0.4, -0.2) is 23.4 Å². The minimum absolute atomic E-state index is 0.0189. The lowest BCUT2D eigenvalue weighted by molar-refractivity contribution is 0.197. The number of rotatable bonds is 6. The molecule has 3 aliphatic carbocycles. The maximum absolute atomic E-state index is 11.5. The molecule has 0 fully saturated rings. The molecule has 0 spiro atoms. The van der Waals surface area contributed by atoms with Gasteiger partial charge in [0.15, 0.2) is 0 Å². The lowest BCUT2D eigenvalue weighted by atomic mass is 9.74. The second kappa shape index (κ2) is 12.1. The first-order valence-corrected chi connectivity index (χ1v) is 20.2. The van der Waals surface area contributed by atoms with Gasteiger partial charge in [-0.2, -0.15) is 0 Å². The quantitative estimate of drug-likeness (QED) is 0.180. The maximum atomic E-state index is 11.5. The number of benzene rings is 6. The molecule has 0 unspecified atom stereocenters. The Morgan fingerprint density at radius 3 is 1.15 bits per heavy atom. The van der Waals surface area contributed by atoms with Gasteiger partial charge in [0.1, 0.15) is 0 Å². The first-order chi connectivity index (χ1) is 26.1. The van der Waals surface area contributed by atoms with Crippen molar-refractivity contribution in [3.63, 3.8) is 0 Å². The zero-order chi connectivity index (χ0) is 38.9. The standard InChI is InChI=1S/C53H54O2/c1-29-22-47-49(33(5)31(29)3)41-18-14-35(24-43(41)51(47,7)8)37-12-16-39-40-17-13-38(27-46(40)53(28-55,20-11-21-54)45(39)26-37)36-15-19-42-44(25-36)52(9,10)48-23-30(2)32(4)34(6)50(42)48/h12-19,22-27,54-55H,11,20-21,28H2,1-10H3. The van der Waals surface area contributed by atoms with Gasteiger partial charge in [0.05, 0.1) is 6.61 Å². The number of fused-ring (bicyclic) bond motifs is 9. The summed E-state index contributed by atoms with van der Waals surface area (Å²) in [5, 5.41) is 21.7. The first-order valence-electron chi connectivity index (χ1n) is 20.2. The van der Waals surface area contributed by atoms with Crippen LogP contribution in [0.5, 0.6) is 0 Å². The van der Waals surface area contributed by atoms with Gasteiger partial charge in [0.25, 0.3) is 0 Å². The van der Waals surface area contributed by atoms with E-state index in [2.05, 4.69) is 154 Å². The molecule has 2 nitrogen and oxygen atoms in total. The van der Waals surface area contributed by atoms with Gasteiger partial charge in [0.2, 0.25) is 0 Å². The van der Waals surface area contributed by atoms with E-state index in [0.717, 1.165) is 22.3 Å². The molecule has 2 heteroatoms. The second-order valence-corrected chi connectivity index (χ2v) is 18.1. The van der Waals surface area contributed by atoms with Crippen molar-refractivity contribution in [3.05, 3.63) is 152 Å². The van der Waals surface area contributed by atoms with Crippen LogP contribution in [0.15, 0.2) is 84.9 Å². The molecule has 2 N–H and O–H groups in total. The largest absolute Gasteiger partial charge is 0.396 e. The Kier molecular flexibility index (Phi) is 7.91. The number of hydrogen-bond acceptors (Lipinski definition) is 2. The minimum atomic E-state index is -0.615. The van der Waals surface area contributed by atoms with Crippen molar-refractivity contribution in [2.75, 3.05) is 13.2 Å². The van der Waals surface area contributed by atoms with Gasteiger partial charge in [-0.15, -0.1) is 0 Å². The maximum Gasteiger partial charge on any atom is 0.0569 e. The van der Waals surface area contributed by atoms with E-state index < -0.39 is 5.41 Å². The van der Waals surface area contributed by atoms with Crippen molar-refractivity contribution in [2.45, 2.75) is 98.3 Å². The Bertz CT molecular complexity index is 2460. The van der Waals surface area contributed by atoms with Crippen LogP contribution in [0.2, 0.25) is 0 Å². The van der Waals surface area contributed by atoms with E-state index in [1.165, 1.54) is 100 Å². The van der Waals surface area contributed by atoms with Gasteiger partial charge < -0.3 is 10.2 Å². The number of aliphatic hydroxyl groups excluding tert-OH is 2. The summed E-state index contributed by atoms with van der Waals surface area (Å²) in [7, 11) is 0. The van der Waals surface area contributed by atoms with Gasteiger partial charge >= 0.3 is 0 Å². The molecular weight excluding hydrogens is 669 g/mol. The van der Waals surface area contributed by atoms with E-state index in [1.807, 2.05) is 0 Å². The summed E-state index contributed by atoms with van der Waals surface area (Å²) < 4.78 is 0. The SMILES string of the molecule is Cc1cc2c(c(C)c1C)-c1ccc(-c3ccc4c(c3)C(CO)(CCCO)c3cc(-c5ccc6c(c5)C(C)(C)c5cc(C)c(C)c(C)c5-6)ccc3-4)cc1C2(C)C. The van der Waals surface area contributed by atoms with E-state index in [-0.39, 0.29) is 24.0 Å². The number of aryl methyl sites for hydroxylation is 2. The van der Waals surface area contributed by atoms with Crippen molar-refractivity contribution in [1.82, 2.24) is 0 Å². The van der Waals surface area contributed by atoms with E-state index in [0.29, 0.717) is 12.8 Å². The van der Waals surface area contributed by atoms with E-state index in [1.54, 1.807) is 0 Å². The van der Waals surface area contributed by atoms with E-state index in [4.69, 9.17) is 0 Å². The normalized spacial score (nSPS) is 16.0. The second-order valence-electron chi connectivity index (χ2n) is 18.1. The summed E-state index contributed by atoms with van der Waals surface area (Å²) in [5.41, 5.74) is 27.9. The molecule has 0 saturated carbocycles. The molecule has 0 radical (unpaired) electrons. The van der Waals surface area contributed by atoms with Crippen molar-refractivity contribution in [3.8, 4) is 55.6 Å². The van der Waals surface area contributed by atoms with Crippen molar-refractivity contribution >= 4 is 0 Å². The van der Waals surface area contributed by atoms with E-state index >= 15 is 0 Å². The summed E-state index contributed by atoms with van der Waals surface area (Å²) in [4.78, 5) is 0. The van der Waals surface area contributed by atoms with Gasteiger partial charge in [-0.3, -0.25) is 0 Å². The molecule has 6 aromatic rings. The molecule has 0 atom stereocenters. The Labute approximate surface area is 327 Å². The predicted octanol–water partition coefficient (Wildman–Crippen LogP) is 12.5. The molecule has 9 rings (SSSR count). The Morgan fingerprint density at radius 2 is 0.782 bits per heavy atom. The molecule has 0 heterocycles. The third-order valence-corrected chi connectivity index (χ3v) is 14.6. The third kappa shape index (κ3) is 4.80. The van der Waals surface area contributed by atoms with Crippen LogP contribution in [0.1, 0.15) is 107 Å². The molecule has 0 amide bonds. The zero-order valence-corrected chi connectivity index (χ0v) is 34.3. The molecule has 55 heavy (non-hydrogen) atoms. The lowest BCUT2D eigenvalue weighted by Crippen LogP contribution is -2.30. The molecule has 0 aromatic heterocycles. The highest BCUT2D eigenvalue weighted by molar-refractivity contribution is 5.91. The van der Waals surface area contributed by atoms with Crippen LogP contribution in [-0.2, 0) is 16.2 Å². The molecule has 278 valence electrons. The molecule has 6 aromatic carbocycles. The topological polar surface area (TPSA) is 40.5 Å². The average Bonchev–Trinajstić information content (AvgIpc) is 3.67. The van der Waals surface area contributed by atoms with Crippen molar-refractivity contribution in [2.24, 2.45) is 0 Å². The van der Waals surface area contributed by atoms with Gasteiger partial charge in [-0.05, 0) is 201 Å². The molecule has 0 bridgehead atoms. The Morgan fingerprint density at radius 1 is 0.418 bits per heavy atom. The van der Waals surface area contributed by atoms with Crippen molar-refractivity contribution in [1.29, 1.82) is 0 Å². The highest BCUT2D eigenvalue weighted by Gasteiger charge is 2.44. The fraction of sp³-hybridized carbons (Fsp3) is 0.321. The minimum Gasteiger partial charge on any atom is -0.396 e. The van der Waals surface area contributed by atoms with Gasteiger partial charge in [-0.25, -0.2) is 0 Å². The van der Waals surface area contributed by atoms with Gasteiger partial charge in [-0.1, -0.05) is 88.4 Å². The van der Waals surface area contributed by atoms with Crippen LogP contribution in [0.3, 0.4) is 0 Å². The third-order valence-electron chi connectivity index (χ3n) is 14.6. The van der Waals surface area contributed by atoms with Crippen LogP contribution in [0, 0.1) is 41.5 Å². The summed E-state index contributed by atoms with van der Waals surface area (Å²) in [6, 6.07) is 32.6. The summed E-state index contributed by atoms with van der Waals surface area (Å²) in [6.07, 6.45) is 1.28. The average molecular weight is 723 g/mol. The summed E-state index contributed by atoms with van der Waals surface area (Å²) in [6.45, 7) is 23.0. The zero-order valence-electron chi connectivity index (χ0n) is 34.3. The Balaban J connectivity index is 1.14. The number of hydrogen-bond donors (Lipinski definition) is 2. The van der Waals surface area contributed by atoms with Crippen LogP contribution in [0.25, 0.3) is 55.6 Å². The highest BCUT2D eigenvalue weighted by Crippen LogP contribution is 2.56. The Hall–Kier alpha value is -4.76. The lowest BCUT2D eigenvalue weighted by Gasteiger charge is -2.30. The molecule has 0 saturated heterocycles. The van der Waals surface area contributed by atoms with Crippen molar-refractivity contribution < 1.29 is 10.2 Å². The summed E-state index contributed by atoms with van der Waals surface area (Å²) >= 11 is 0. The predicted molar refractivity (Wildman–Crippen MR) is 230 cm³/mol. The van der Waals surface area contributed by atoms with Crippen LogP contribution < -0.4 is 0 Å². The molecule has 0 aliphatic heterocycles. The fourth-order valence-electron chi connectivity index (χ4n) is 10.8. The first kappa shape index (κ1) is 35.9. The monoisotopic (exact) mass is 722 g/mol.